The number of carbonyl (C=O) groups is 1. The largest absolute Gasteiger partial charge is 1.00 e. The first-order valence-corrected chi connectivity index (χ1v) is 14.4. The van der Waals surface area contributed by atoms with Crippen LogP contribution in [0.2, 0.25) is 5.02 Å². The number of allylic oxidation sites excluding steroid dienone is 2. The average Bonchev–Trinajstić information content (AvgIpc) is 3.35. The van der Waals surface area contributed by atoms with Crippen molar-refractivity contribution < 1.29 is 83.7 Å². The molecular weight excluding hydrogens is 607 g/mol. The summed E-state index contributed by atoms with van der Waals surface area (Å²) in [5.41, 5.74) is 0.940. The van der Waals surface area contributed by atoms with Crippen LogP contribution < -0.4 is 65.9 Å². The number of aromatic nitrogens is 1. The second-order valence-corrected chi connectivity index (χ2v) is 10.8. The molecule has 2 aliphatic rings. The fourth-order valence-electron chi connectivity index (χ4n) is 4.06. The number of anilines is 2. The number of pyridine rings is 1. The predicted molar refractivity (Wildman–Crippen MR) is 148 cm³/mol. The minimum absolute atomic E-state index is 0. The van der Waals surface area contributed by atoms with Gasteiger partial charge in [-0.25, -0.2) is 18.3 Å². The van der Waals surface area contributed by atoms with E-state index in [0.717, 1.165) is 0 Å². The third kappa shape index (κ3) is 8.32. The molecule has 0 bridgehead atoms. The molecule has 15 heteroatoms. The third-order valence-corrected chi connectivity index (χ3v) is 7.24. The second kappa shape index (κ2) is 15.2. The van der Waals surface area contributed by atoms with E-state index in [9.17, 15) is 17.8 Å². The van der Waals surface area contributed by atoms with Crippen LogP contribution in [0.4, 0.5) is 11.5 Å². The fraction of sp³-hybridized carbons (Fsp3) is 0.320. The number of halogens is 1. The van der Waals surface area contributed by atoms with Gasteiger partial charge >= 0.3 is 51.4 Å². The molecule has 0 radical (unpaired) electrons. The van der Waals surface area contributed by atoms with E-state index >= 15 is 0 Å². The van der Waals surface area contributed by atoms with Crippen LogP contribution in [0.15, 0.2) is 66.3 Å². The van der Waals surface area contributed by atoms with Gasteiger partial charge in [0.25, 0.3) is 5.91 Å². The Labute approximate surface area is 285 Å². The number of aliphatic hydroxyl groups is 1. The minimum Gasteiger partial charge on any atom is -0.748 e. The number of unbranched alkanes of at least 4 members (excludes halogenated alkanes) is 1. The minimum atomic E-state index is -4.31. The van der Waals surface area contributed by atoms with Crippen LogP contribution in [0.1, 0.15) is 12.8 Å². The van der Waals surface area contributed by atoms with Gasteiger partial charge in [0, 0.05) is 36.1 Å². The van der Waals surface area contributed by atoms with E-state index in [-0.39, 0.29) is 101 Å². The molecule has 0 spiro atoms. The summed E-state index contributed by atoms with van der Waals surface area (Å²) in [6.07, 6.45) is 5.35. The van der Waals surface area contributed by atoms with Crippen LogP contribution >= 0.6 is 23.8 Å². The van der Waals surface area contributed by atoms with E-state index in [1.807, 2.05) is 0 Å². The summed E-state index contributed by atoms with van der Waals surface area (Å²) in [5.74, 6) is 0.451. The van der Waals surface area contributed by atoms with E-state index < -0.39 is 15.9 Å². The number of hydrogen-bond acceptors (Lipinski definition) is 10. The summed E-state index contributed by atoms with van der Waals surface area (Å²) in [6, 6.07) is 10.3. The summed E-state index contributed by atoms with van der Waals surface area (Å²) >= 11 is 11.8. The van der Waals surface area contributed by atoms with Crippen LogP contribution in [0.5, 0.6) is 5.75 Å². The molecule has 2 aliphatic heterocycles. The van der Waals surface area contributed by atoms with Crippen LogP contribution in [0, 0.1) is 0 Å². The molecule has 0 aliphatic carbocycles. The van der Waals surface area contributed by atoms with Crippen molar-refractivity contribution in [1.29, 1.82) is 0 Å². The van der Waals surface area contributed by atoms with Crippen LogP contribution in [-0.4, -0.2) is 77.6 Å². The van der Waals surface area contributed by atoms with E-state index in [1.54, 1.807) is 64.5 Å². The molecule has 0 saturated carbocycles. The van der Waals surface area contributed by atoms with Crippen molar-refractivity contribution in [1.82, 2.24) is 9.88 Å². The number of nitrogens with zero attached hydrogens (tertiary/aromatic N) is 4. The number of hydrogen-bond donors (Lipinski definition) is 1. The molecule has 11 nitrogen and oxygen atoms in total. The Morgan fingerprint density at radius 2 is 1.93 bits per heavy atom. The molecule has 1 fully saturated rings. The van der Waals surface area contributed by atoms with E-state index in [2.05, 4.69) is 4.98 Å². The van der Waals surface area contributed by atoms with Crippen molar-refractivity contribution in [3.63, 3.8) is 0 Å². The Balaban J connectivity index is 0.00000441. The summed E-state index contributed by atoms with van der Waals surface area (Å²) in [4.78, 5) is 22.5. The van der Waals surface area contributed by atoms with Gasteiger partial charge in [0.05, 0.1) is 35.6 Å². The predicted octanol–water partition coefficient (Wildman–Crippen LogP) is -0.369. The van der Waals surface area contributed by atoms with Gasteiger partial charge in [-0.2, -0.15) is 0 Å². The normalized spacial score (nSPS) is 17.0. The molecule has 1 amide bonds. The van der Waals surface area contributed by atoms with Crippen LogP contribution in [-0.2, 0) is 19.6 Å². The maximum Gasteiger partial charge on any atom is 1.00 e. The van der Waals surface area contributed by atoms with Gasteiger partial charge in [-0.15, -0.1) is 0 Å². The van der Waals surface area contributed by atoms with Crippen molar-refractivity contribution in [3.8, 4) is 5.75 Å². The first-order valence-electron chi connectivity index (χ1n) is 12.1. The number of benzene rings is 1. The smallest absolute Gasteiger partial charge is 0.748 e. The average molecular weight is 633 g/mol. The number of rotatable bonds is 12. The summed E-state index contributed by atoms with van der Waals surface area (Å²) < 4.78 is 44.4. The van der Waals surface area contributed by atoms with Gasteiger partial charge in [-0.1, -0.05) is 17.7 Å². The Morgan fingerprint density at radius 1 is 1.12 bits per heavy atom. The van der Waals surface area contributed by atoms with Crippen molar-refractivity contribution in [2.24, 2.45) is 0 Å². The Morgan fingerprint density at radius 3 is 2.62 bits per heavy atom. The van der Waals surface area contributed by atoms with Crippen molar-refractivity contribution in [2.45, 2.75) is 12.8 Å². The zero-order valence-corrected chi connectivity index (χ0v) is 27.2. The zero-order chi connectivity index (χ0) is 28.0. The van der Waals surface area contributed by atoms with Crippen LogP contribution in [0.3, 0.4) is 0 Å². The molecule has 1 aromatic carbocycles. The van der Waals surface area contributed by atoms with Crippen LogP contribution in [0.25, 0.3) is 0 Å². The quantitative estimate of drug-likeness (QED) is 0.108. The van der Waals surface area contributed by atoms with Gasteiger partial charge in [0.15, 0.2) is 10.9 Å². The standard InChI is InChI=1S/C25H27ClN4O7S2.K/c26-18-6-8-21-20(17-18)28(11-3-4-16-39(33,34)35)23(37-21)9-7-19-24(32)30(22-5-1-2-10-27-22)25(38)29(19)12-14-36-15-13-31;/h1-2,5-10,17,31H,3-4,11-16H2,(H,33,34,35);/q;+1/p-1. The van der Waals surface area contributed by atoms with Crippen molar-refractivity contribution in [2.75, 3.05) is 48.5 Å². The summed E-state index contributed by atoms with van der Waals surface area (Å²) in [5, 5.41) is 9.72. The Bertz CT molecular complexity index is 1390. The molecule has 40 heavy (non-hydrogen) atoms. The Hall–Kier alpha value is -1.43. The first kappa shape index (κ1) is 33.1. The maximum absolute atomic E-state index is 13.5. The molecule has 1 aromatic heterocycles. The molecule has 3 heterocycles. The molecule has 1 saturated heterocycles. The van der Waals surface area contributed by atoms with Crippen molar-refractivity contribution >= 4 is 56.5 Å². The zero-order valence-electron chi connectivity index (χ0n) is 21.7. The summed E-state index contributed by atoms with van der Waals surface area (Å²) in [6.45, 7) is 0.846. The first-order chi connectivity index (χ1) is 18.7. The fourth-order valence-corrected chi connectivity index (χ4v) is 5.15. The number of ether oxygens (including phenoxy) is 2. The summed E-state index contributed by atoms with van der Waals surface area (Å²) in [7, 11) is -4.31. The molecule has 2 aromatic rings. The van der Waals surface area contributed by atoms with Gasteiger partial charge < -0.3 is 28.9 Å². The topological polar surface area (TPSA) is 136 Å². The maximum atomic E-state index is 13.5. The van der Waals surface area contributed by atoms with Gasteiger partial charge in [0.2, 0.25) is 5.88 Å². The van der Waals surface area contributed by atoms with E-state index in [4.69, 9.17) is 38.4 Å². The Kier molecular flexibility index (Phi) is 12.5. The van der Waals surface area contributed by atoms with Gasteiger partial charge in [-0.3, -0.25) is 4.79 Å². The number of aliphatic hydroxyl groups excluding tert-OH is 1. The SMILES string of the molecule is O=C1C(=CC=C2Oc3ccc(Cl)cc3N2CCCCS(=O)(=O)[O-])N(CCOCCO)C(=S)N1c1ccccn1.[K+]. The monoisotopic (exact) mass is 632 g/mol. The molecule has 208 valence electrons. The van der Waals surface area contributed by atoms with Gasteiger partial charge in [0.1, 0.15) is 11.5 Å². The number of thiocarbonyl (C=S) groups is 1. The van der Waals surface area contributed by atoms with Crippen molar-refractivity contribution in [3.05, 3.63) is 71.3 Å². The number of fused-ring (bicyclic) bond motifs is 1. The molecule has 1 N–H and O–H groups in total. The molecular formula is C25H26ClKN4O7S2. The molecule has 4 rings (SSSR count). The number of amides is 1. The number of carbonyl (C=O) groups excluding carboxylic acids is 1. The molecule has 0 unspecified atom stereocenters. The van der Waals surface area contributed by atoms with E-state index in [0.29, 0.717) is 41.1 Å². The van der Waals surface area contributed by atoms with E-state index in [1.165, 1.54) is 4.90 Å². The molecule has 0 atom stereocenters. The second-order valence-electron chi connectivity index (χ2n) is 8.49. The van der Waals surface area contributed by atoms with Gasteiger partial charge in [-0.05, 0) is 61.5 Å². The third-order valence-electron chi connectivity index (χ3n) is 5.81.